The molecule has 0 aliphatic heterocycles. The van der Waals surface area contributed by atoms with Crippen LogP contribution in [0.5, 0.6) is 5.75 Å². The molecule has 0 saturated carbocycles. The minimum absolute atomic E-state index is 0.0464. The summed E-state index contributed by atoms with van der Waals surface area (Å²) in [6.07, 6.45) is 1.07. The van der Waals surface area contributed by atoms with E-state index in [1.807, 2.05) is 51.1 Å². The van der Waals surface area contributed by atoms with Crippen LogP contribution in [0.1, 0.15) is 30.9 Å². The highest BCUT2D eigenvalue weighted by atomic mass is 16.5. The van der Waals surface area contributed by atoms with Crippen LogP contribution in [0.25, 0.3) is 0 Å². The van der Waals surface area contributed by atoms with Crippen LogP contribution in [0.2, 0.25) is 0 Å². The van der Waals surface area contributed by atoms with Crippen LogP contribution in [-0.4, -0.2) is 32.1 Å². The van der Waals surface area contributed by atoms with Gasteiger partial charge in [-0.05, 0) is 50.5 Å². The number of hydrogen-bond donors (Lipinski definition) is 1. The third-order valence-corrected chi connectivity index (χ3v) is 4.43. The third-order valence-electron chi connectivity index (χ3n) is 4.43. The van der Waals surface area contributed by atoms with E-state index >= 15 is 0 Å². The molecule has 0 aliphatic carbocycles. The van der Waals surface area contributed by atoms with E-state index in [1.165, 1.54) is 11.3 Å². The van der Waals surface area contributed by atoms with E-state index in [0.717, 1.165) is 24.3 Å². The van der Waals surface area contributed by atoms with Crippen LogP contribution >= 0.6 is 0 Å². The largest absolute Gasteiger partial charge is 0.480 e. The number of carbonyl (C=O) groups excluding carboxylic acids is 1. The van der Waals surface area contributed by atoms with E-state index in [2.05, 4.69) is 35.5 Å². The molecule has 4 nitrogen and oxygen atoms in total. The summed E-state index contributed by atoms with van der Waals surface area (Å²) in [5, 5.41) is 3.00. The Morgan fingerprint density at radius 2 is 1.88 bits per heavy atom. The molecular weight excluding hydrogens is 324 g/mol. The van der Waals surface area contributed by atoms with Crippen molar-refractivity contribution < 1.29 is 9.53 Å². The lowest BCUT2D eigenvalue weighted by Gasteiger charge is -2.21. The maximum Gasteiger partial charge on any atom is 0.261 e. The Morgan fingerprint density at radius 3 is 2.54 bits per heavy atom. The minimum Gasteiger partial charge on any atom is -0.480 e. The zero-order valence-electron chi connectivity index (χ0n) is 16.3. The zero-order chi connectivity index (χ0) is 18.9. The Balaban J connectivity index is 1.78. The molecule has 0 fully saturated rings. The third kappa shape index (κ3) is 5.80. The molecule has 4 heteroatoms. The fourth-order valence-electron chi connectivity index (χ4n) is 2.86. The fraction of sp³-hybridized carbons (Fsp3) is 0.409. The van der Waals surface area contributed by atoms with E-state index in [1.54, 1.807) is 0 Å². The number of amides is 1. The summed E-state index contributed by atoms with van der Waals surface area (Å²) in [6.45, 7) is 7.55. The van der Waals surface area contributed by atoms with E-state index in [-0.39, 0.29) is 5.91 Å². The number of ether oxygens (including phenoxy) is 1. The number of nitrogens with one attached hydrogen (secondary N) is 1. The van der Waals surface area contributed by atoms with Crippen molar-refractivity contribution in [1.82, 2.24) is 5.32 Å². The number of rotatable bonds is 9. The highest BCUT2D eigenvalue weighted by Gasteiger charge is 2.18. The normalized spacial score (nSPS) is 11.7. The molecule has 0 radical (unpaired) electrons. The first-order valence-corrected chi connectivity index (χ1v) is 9.29. The van der Waals surface area contributed by atoms with Gasteiger partial charge in [0.05, 0.1) is 0 Å². The zero-order valence-corrected chi connectivity index (χ0v) is 16.3. The fourth-order valence-corrected chi connectivity index (χ4v) is 2.86. The summed E-state index contributed by atoms with van der Waals surface area (Å²) in [7, 11) is 2.06. The van der Waals surface area contributed by atoms with E-state index in [0.29, 0.717) is 13.0 Å². The van der Waals surface area contributed by atoms with Crippen LogP contribution in [0.15, 0.2) is 48.5 Å². The Bertz CT molecular complexity index is 701. The number of anilines is 1. The highest BCUT2D eigenvalue weighted by molar-refractivity contribution is 5.81. The molecule has 1 unspecified atom stereocenters. The van der Waals surface area contributed by atoms with Crippen molar-refractivity contribution in [2.75, 3.05) is 25.0 Å². The van der Waals surface area contributed by atoms with Crippen molar-refractivity contribution in [3.8, 4) is 5.75 Å². The molecule has 1 amide bonds. The second-order valence-electron chi connectivity index (χ2n) is 6.69. The molecule has 0 saturated heterocycles. The number of nitrogens with zero attached hydrogens (tertiary/aromatic N) is 1. The molecule has 2 rings (SSSR count). The van der Waals surface area contributed by atoms with Gasteiger partial charge in [0, 0.05) is 25.8 Å². The predicted molar refractivity (Wildman–Crippen MR) is 108 cm³/mol. The summed E-state index contributed by atoms with van der Waals surface area (Å²) in [5.41, 5.74) is 3.43. The van der Waals surface area contributed by atoms with Gasteiger partial charge in [-0.3, -0.25) is 4.79 Å². The van der Waals surface area contributed by atoms with Gasteiger partial charge in [-0.2, -0.15) is 0 Å². The summed E-state index contributed by atoms with van der Waals surface area (Å²) in [4.78, 5) is 14.6. The Hall–Kier alpha value is -2.49. The molecule has 0 heterocycles. The number of carbonyl (C=O) groups is 1. The standard InChI is InChI=1S/C22H30N2O2/c1-5-20(26-21-13-12-17(2)16-18(21)3)22(25)23-14-9-15-24(4)19-10-7-6-8-11-19/h6-8,10-13,16,20H,5,9,14-15H2,1-4H3,(H,23,25). The molecule has 1 atom stereocenters. The molecule has 0 aliphatic rings. The first kappa shape index (κ1) is 19.8. The van der Waals surface area contributed by atoms with Gasteiger partial charge in [-0.15, -0.1) is 0 Å². The number of benzene rings is 2. The number of hydrogen-bond acceptors (Lipinski definition) is 3. The van der Waals surface area contributed by atoms with Crippen molar-refractivity contribution >= 4 is 11.6 Å². The quantitative estimate of drug-likeness (QED) is 0.689. The van der Waals surface area contributed by atoms with Gasteiger partial charge in [-0.1, -0.05) is 42.8 Å². The Labute approximate surface area is 157 Å². The van der Waals surface area contributed by atoms with E-state index in [9.17, 15) is 4.79 Å². The molecule has 2 aromatic rings. The molecule has 0 spiro atoms. The topological polar surface area (TPSA) is 41.6 Å². The Morgan fingerprint density at radius 1 is 1.15 bits per heavy atom. The second-order valence-corrected chi connectivity index (χ2v) is 6.69. The van der Waals surface area contributed by atoms with Gasteiger partial charge >= 0.3 is 0 Å². The van der Waals surface area contributed by atoms with E-state index < -0.39 is 6.10 Å². The van der Waals surface area contributed by atoms with Gasteiger partial charge in [0.1, 0.15) is 5.75 Å². The molecular formula is C22H30N2O2. The van der Waals surface area contributed by atoms with Gasteiger partial charge in [-0.25, -0.2) is 0 Å². The maximum absolute atomic E-state index is 12.4. The summed E-state index contributed by atoms with van der Waals surface area (Å²) >= 11 is 0. The van der Waals surface area contributed by atoms with Crippen molar-refractivity contribution in [1.29, 1.82) is 0 Å². The van der Waals surface area contributed by atoms with Gasteiger partial charge in [0.25, 0.3) is 5.91 Å². The lowest BCUT2D eigenvalue weighted by atomic mass is 10.1. The van der Waals surface area contributed by atoms with Crippen LogP contribution in [0.4, 0.5) is 5.69 Å². The van der Waals surface area contributed by atoms with Crippen molar-refractivity contribution in [2.24, 2.45) is 0 Å². The van der Waals surface area contributed by atoms with E-state index in [4.69, 9.17) is 4.74 Å². The predicted octanol–water partition coefficient (Wildman–Crippen LogP) is 4.10. The summed E-state index contributed by atoms with van der Waals surface area (Å²) in [5.74, 6) is 0.733. The summed E-state index contributed by atoms with van der Waals surface area (Å²) < 4.78 is 5.94. The Kier molecular flexibility index (Phi) is 7.52. The lowest BCUT2D eigenvalue weighted by Crippen LogP contribution is -2.39. The SMILES string of the molecule is CCC(Oc1ccc(C)cc1C)C(=O)NCCCN(C)c1ccccc1. The number of para-hydroxylation sites is 1. The molecule has 26 heavy (non-hydrogen) atoms. The van der Waals surface area contributed by atoms with Gasteiger partial charge in [0.15, 0.2) is 6.10 Å². The number of aryl methyl sites for hydroxylation is 2. The molecule has 0 aromatic heterocycles. The smallest absolute Gasteiger partial charge is 0.261 e. The second kappa shape index (κ2) is 9.85. The van der Waals surface area contributed by atoms with Gasteiger partial charge in [0.2, 0.25) is 0 Å². The van der Waals surface area contributed by atoms with Crippen molar-refractivity contribution in [3.05, 3.63) is 59.7 Å². The average Bonchev–Trinajstić information content (AvgIpc) is 2.65. The van der Waals surface area contributed by atoms with Crippen molar-refractivity contribution in [2.45, 2.75) is 39.7 Å². The van der Waals surface area contributed by atoms with Crippen LogP contribution in [0.3, 0.4) is 0 Å². The highest BCUT2D eigenvalue weighted by Crippen LogP contribution is 2.21. The first-order chi connectivity index (χ1) is 12.5. The van der Waals surface area contributed by atoms with Crippen LogP contribution in [-0.2, 0) is 4.79 Å². The molecule has 1 N–H and O–H groups in total. The van der Waals surface area contributed by atoms with Crippen LogP contribution < -0.4 is 15.0 Å². The molecule has 140 valence electrons. The first-order valence-electron chi connectivity index (χ1n) is 9.29. The molecule has 2 aromatic carbocycles. The van der Waals surface area contributed by atoms with Gasteiger partial charge < -0.3 is 15.0 Å². The molecule has 0 bridgehead atoms. The van der Waals surface area contributed by atoms with Crippen molar-refractivity contribution in [3.63, 3.8) is 0 Å². The van der Waals surface area contributed by atoms with Crippen LogP contribution in [0, 0.1) is 13.8 Å². The average molecular weight is 354 g/mol. The minimum atomic E-state index is -0.455. The monoisotopic (exact) mass is 354 g/mol. The maximum atomic E-state index is 12.4. The summed E-state index contributed by atoms with van der Waals surface area (Å²) in [6, 6.07) is 16.3. The lowest BCUT2D eigenvalue weighted by molar-refractivity contribution is -0.128.